The summed E-state index contributed by atoms with van der Waals surface area (Å²) >= 11 is 0. The Hall–Kier alpha value is -1.73. The lowest BCUT2D eigenvalue weighted by atomic mass is 10.1. The number of rotatable bonds is 4. The molecule has 7 heteroatoms. The molecule has 1 aromatic heterocycles. The first-order chi connectivity index (χ1) is 10.0. The minimum atomic E-state index is -0.311. The summed E-state index contributed by atoms with van der Waals surface area (Å²) < 4.78 is 5.31. The van der Waals surface area contributed by atoms with Crippen molar-refractivity contribution >= 4 is 5.91 Å². The Kier molecular flexibility index (Phi) is 5.08. The van der Waals surface area contributed by atoms with Crippen LogP contribution in [0, 0.1) is 13.8 Å². The summed E-state index contributed by atoms with van der Waals surface area (Å²) in [5, 5.41) is 9.08. The third-order valence-corrected chi connectivity index (χ3v) is 3.62. The topological polar surface area (TPSA) is 95.5 Å². The van der Waals surface area contributed by atoms with E-state index in [2.05, 4.69) is 9.97 Å². The summed E-state index contributed by atoms with van der Waals surface area (Å²) in [6, 6.07) is 0. The molecule has 1 atom stereocenters. The van der Waals surface area contributed by atoms with Gasteiger partial charge in [-0.2, -0.15) is 0 Å². The van der Waals surface area contributed by atoms with Gasteiger partial charge in [-0.3, -0.25) is 9.59 Å². The van der Waals surface area contributed by atoms with Crippen molar-refractivity contribution in [1.29, 1.82) is 0 Å². The third kappa shape index (κ3) is 3.89. The predicted molar refractivity (Wildman–Crippen MR) is 76.1 cm³/mol. The molecule has 0 radical (unpaired) electrons. The van der Waals surface area contributed by atoms with Crippen molar-refractivity contribution < 1.29 is 14.6 Å². The van der Waals surface area contributed by atoms with Crippen LogP contribution in [0.2, 0.25) is 0 Å². The predicted octanol–water partition coefficient (Wildman–Crippen LogP) is -0.461. The first-order valence-electron chi connectivity index (χ1n) is 7.08. The van der Waals surface area contributed by atoms with Gasteiger partial charge >= 0.3 is 0 Å². The standard InChI is InChI=1S/C14H21N3O4/c1-9-12(14(20)16-10(2)15-9)3-4-13(19)17-5-6-21-11(7-17)8-18/h11,18H,3-8H2,1-2H3,(H,15,16,20). The van der Waals surface area contributed by atoms with Gasteiger partial charge in [-0.25, -0.2) is 4.98 Å². The molecule has 1 aliphatic rings. The van der Waals surface area contributed by atoms with Gasteiger partial charge < -0.3 is 19.7 Å². The highest BCUT2D eigenvalue weighted by Crippen LogP contribution is 2.09. The van der Waals surface area contributed by atoms with Crippen LogP contribution >= 0.6 is 0 Å². The summed E-state index contributed by atoms with van der Waals surface area (Å²) in [7, 11) is 0. The van der Waals surface area contributed by atoms with E-state index in [4.69, 9.17) is 9.84 Å². The smallest absolute Gasteiger partial charge is 0.254 e. The Bertz CT molecular complexity index is 570. The highest BCUT2D eigenvalue weighted by Gasteiger charge is 2.23. The summed E-state index contributed by atoms with van der Waals surface area (Å²) in [5.74, 6) is 0.544. The van der Waals surface area contributed by atoms with Crippen molar-refractivity contribution in [2.75, 3.05) is 26.3 Å². The normalized spacial score (nSPS) is 18.8. The monoisotopic (exact) mass is 295 g/mol. The van der Waals surface area contributed by atoms with E-state index in [-0.39, 0.29) is 30.6 Å². The van der Waals surface area contributed by atoms with Crippen LogP contribution in [0.5, 0.6) is 0 Å². The number of amides is 1. The van der Waals surface area contributed by atoms with Crippen LogP contribution in [0.3, 0.4) is 0 Å². The Labute approximate surface area is 123 Å². The first kappa shape index (κ1) is 15.7. The van der Waals surface area contributed by atoms with Crippen LogP contribution in [-0.2, 0) is 16.0 Å². The number of ether oxygens (including phenoxy) is 1. The van der Waals surface area contributed by atoms with Gasteiger partial charge in [0.15, 0.2) is 0 Å². The fourth-order valence-corrected chi connectivity index (χ4v) is 2.49. The largest absolute Gasteiger partial charge is 0.394 e. The first-order valence-corrected chi connectivity index (χ1v) is 7.08. The Balaban J connectivity index is 1.97. The van der Waals surface area contributed by atoms with Crippen molar-refractivity contribution in [2.24, 2.45) is 0 Å². The van der Waals surface area contributed by atoms with E-state index in [9.17, 15) is 9.59 Å². The third-order valence-electron chi connectivity index (χ3n) is 3.62. The summed E-state index contributed by atoms with van der Waals surface area (Å²) in [6.45, 7) is 4.77. The second-order valence-electron chi connectivity index (χ2n) is 5.23. The molecule has 0 spiro atoms. The number of aryl methyl sites for hydroxylation is 2. The van der Waals surface area contributed by atoms with Crippen molar-refractivity contribution in [3.63, 3.8) is 0 Å². The van der Waals surface area contributed by atoms with Crippen molar-refractivity contribution in [3.05, 3.63) is 27.4 Å². The average molecular weight is 295 g/mol. The summed E-state index contributed by atoms with van der Waals surface area (Å²) in [5.41, 5.74) is 1.04. The molecule has 2 heterocycles. The maximum Gasteiger partial charge on any atom is 0.254 e. The number of aliphatic hydroxyl groups excluding tert-OH is 1. The van der Waals surface area contributed by atoms with E-state index < -0.39 is 0 Å². The van der Waals surface area contributed by atoms with Gasteiger partial charge in [-0.05, 0) is 20.3 Å². The highest BCUT2D eigenvalue weighted by atomic mass is 16.5. The number of aromatic amines is 1. The van der Waals surface area contributed by atoms with Gasteiger partial charge in [-0.1, -0.05) is 0 Å². The number of aliphatic hydroxyl groups is 1. The van der Waals surface area contributed by atoms with E-state index in [0.717, 1.165) is 0 Å². The van der Waals surface area contributed by atoms with Gasteiger partial charge in [0, 0.05) is 30.8 Å². The van der Waals surface area contributed by atoms with Gasteiger partial charge in [0.25, 0.3) is 5.56 Å². The number of hydrogen-bond donors (Lipinski definition) is 2. The number of nitrogens with zero attached hydrogens (tertiary/aromatic N) is 2. The quantitative estimate of drug-likeness (QED) is 0.783. The molecule has 0 aromatic carbocycles. The molecule has 0 saturated carbocycles. The highest BCUT2D eigenvalue weighted by molar-refractivity contribution is 5.76. The number of carbonyl (C=O) groups is 1. The van der Waals surface area contributed by atoms with Crippen molar-refractivity contribution in [2.45, 2.75) is 32.8 Å². The lowest BCUT2D eigenvalue weighted by Gasteiger charge is -2.32. The zero-order chi connectivity index (χ0) is 15.4. The maximum absolute atomic E-state index is 12.2. The van der Waals surface area contributed by atoms with Crippen molar-refractivity contribution in [3.8, 4) is 0 Å². The number of hydrogen-bond acceptors (Lipinski definition) is 5. The molecule has 1 amide bonds. The lowest BCUT2D eigenvalue weighted by molar-refractivity contribution is -0.140. The van der Waals surface area contributed by atoms with Crippen LogP contribution in [0.25, 0.3) is 0 Å². The van der Waals surface area contributed by atoms with E-state index in [1.54, 1.807) is 18.7 Å². The Morgan fingerprint density at radius 1 is 1.52 bits per heavy atom. The number of aromatic nitrogens is 2. The molecule has 116 valence electrons. The molecule has 1 aromatic rings. The van der Waals surface area contributed by atoms with Gasteiger partial charge in [0.2, 0.25) is 5.91 Å². The molecular formula is C14H21N3O4. The molecule has 1 saturated heterocycles. The zero-order valence-electron chi connectivity index (χ0n) is 12.4. The second-order valence-corrected chi connectivity index (χ2v) is 5.23. The molecule has 1 unspecified atom stereocenters. The van der Waals surface area contributed by atoms with Crippen molar-refractivity contribution in [1.82, 2.24) is 14.9 Å². The molecule has 2 rings (SSSR count). The molecule has 21 heavy (non-hydrogen) atoms. The van der Waals surface area contributed by atoms with Gasteiger partial charge in [0.1, 0.15) is 5.82 Å². The van der Waals surface area contributed by atoms with E-state index in [1.807, 2.05) is 0 Å². The molecule has 2 N–H and O–H groups in total. The maximum atomic E-state index is 12.2. The SMILES string of the molecule is Cc1nc(C)c(CCC(=O)N2CCOC(CO)C2)c(=O)[nH]1. The fraction of sp³-hybridized carbons (Fsp3) is 0.643. The van der Waals surface area contributed by atoms with E-state index in [0.29, 0.717) is 43.2 Å². The number of H-pyrrole nitrogens is 1. The summed E-state index contributed by atoms with van der Waals surface area (Å²) in [6.07, 6.45) is 0.315. The van der Waals surface area contributed by atoms with E-state index >= 15 is 0 Å². The van der Waals surface area contributed by atoms with Crippen LogP contribution in [0.15, 0.2) is 4.79 Å². The van der Waals surface area contributed by atoms with Crippen LogP contribution in [0.1, 0.15) is 23.5 Å². The van der Waals surface area contributed by atoms with Gasteiger partial charge in [0.05, 0.1) is 19.3 Å². The molecule has 1 aliphatic heterocycles. The Morgan fingerprint density at radius 2 is 2.29 bits per heavy atom. The van der Waals surface area contributed by atoms with E-state index in [1.165, 1.54) is 0 Å². The Morgan fingerprint density at radius 3 is 2.95 bits per heavy atom. The number of carbonyl (C=O) groups excluding carboxylic acids is 1. The molecular weight excluding hydrogens is 274 g/mol. The molecule has 7 nitrogen and oxygen atoms in total. The number of morpholine rings is 1. The lowest BCUT2D eigenvalue weighted by Crippen LogP contribution is -2.47. The molecule has 0 bridgehead atoms. The number of nitrogens with one attached hydrogen (secondary N) is 1. The van der Waals surface area contributed by atoms with Gasteiger partial charge in [-0.15, -0.1) is 0 Å². The van der Waals surface area contributed by atoms with Crippen LogP contribution < -0.4 is 5.56 Å². The van der Waals surface area contributed by atoms with Crippen LogP contribution in [-0.4, -0.2) is 58.3 Å². The summed E-state index contributed by atoms with van der Waals surface area (Å²) in [4.78, 5) is 32.6. The fourth-order valence-electron chi connectivity index (χ4n) is 2.49. The minimum absolute atomic E-state index is 0.0314. The van der Waals surface area contributed by atoms with Crippen LogP contribution in [0.4, 0.5) is 0 Å². The second kappa shape index (κ2) is 6.82. The molecule has 1 fully saturated rings. The average Bonchev–Trinajstić information content (AvgIpc) is 2.46. The molecule has 0 aliphatic carbocycles. The zero-order valence-corrected chi connectivity index (χ0v) is 12.4. The minimum Gasteiger partial charge on any atom is -0.394 e.